The fraction of sp³-hybridized carbons (Fsp3) is 0.0455. The number of fused-ring (bicyclic) bond motifs is 1. The van der Waals surface area contributed by atoms with Crippen molar-refractivity contribution in [3.05, 3.63) is 102 Å². The maximum Gasteiger partial charge on any atom is 0.255 e. The number of carbonyl (C=O) groups excluding carboxylic acids is 1. The number of hydrogen-bond donors (Lipinski definition) is 2. The van der Waals surface area contributed by atoms with Gasteiger partial charge in [-0.3, -0.25) is 4.79 Å². The molecule has 0 unspecified atom stereocenters. The molecule has 0 bridgehead atoms. The van der Waals surface area contributed by atoms with E-state index >= 15 is 0 Å². The van der Waals surface area contributed by atoms with E-state index in [-0.39, 0.29) is 5.91 Å². The summed E-state index contributed by atoms with van der Waals surface area (Å²) in [4.78, 5) is 15.6. The van der Waals surface area contributed by atoms with Crippen molar-refractivity contribution in [2.45, 2.75) is 6.42 Å². The van der Waals surface area contributed by atoms with E-state index < -0.39 is 0 Å². The van der Waals surface area contributed by atoms with Crippen molar-refractivity contribution in [3.63, 3.8) is 0 Å². The first-order chi connectivity index (χ1) is 12.3. The quantitative estimate of drug-likeness (QED) is 0.544. The summed E-state index contributed by atoms with van der Waals surface area (Å²) >= 11 is 0. The highest BCUT2D eigenvalue weighted by Crippen LogP contribution is 2.18. The number of amides is 1. The molecule has 0 saturated heterocycles. The third kappa shape index (κ3) is 3.45. The SMILES string of the molecule is O=C(Nc1ccccc1)c1cccc(Cc2ccc3[nH]ccc3c2)c1. The lowest BCUT2D eigenvalue weighted by atomic mass is 10.0. The van der Waals surface area contributed by atoms with Crippen molar-refractivity contribution in [1.82, 2.24) is 4.98 Å². The second-order valence-corrected chi connectivity index (χ2v) is 6.10. The Balaban J connectivity index is 1.53. The van der Waals surface area contributed by atoms with Crippen LogP contribution in [0.3, 0.4) is 0 Å². The second-order valence-electron chi connectivity index (χ2n) is 6.10. The van der Waals surface area contributed by atoms with Crippen LogP contribution in [0.1, 0.15) is 21.5 Å². The van der Waals surface area contributed by atoms with Gasteiger partial charge in [-0.1, -0.05) is 36.4 Å². The average molecular weight is 326 g/mol. The molecule has 122 valence electrons. The van der Waals surface area contributed by atoms with Crippen molar-refractivity contribution in [3.8, 4) is 0 Å². The average Bonchev–Trinajstić information content (AvgIpc) is 3.10. The zero-order chi connectivity index (χ0) is 17.1. The van der Waals surface area contributed by atoms with Crippen molar-refractivity contribution in [2.75, 3.05) is 5.32 Å². The lowest BCUT2D eigenvalue weighted by molar-refractivity contribution is 0.102. The van der Waals surface area contributed by atoms with Gasteiger partial charge < -0.3 is 10.3 Å². The molecule has 1 heterocycles. The van der Waals surface area contributed by atoms with E-state index in [9.17, 15) is 4.79 Å². The Morgan fingerprint density at radius 3 is 2.56 bits per heavy atom. The van der Waals surface area contributed by atoms with Crippen LogP contribution in [0.25, 0.3) is 10.9 Å². The van der Waals surface area contributed by atoms with Crippen LogP contribution in [-0.4, -0.2) is 10.9 Å². The number of aromatic nitrogens is 1. The molecule has 0 aliphatic rings. The zero-order valence-corrected chi connectivity index (χ0v) is 13.7. The van der Waals surface area contributed by atoms with Crippen LogP contribution in [0.2, 0.25) is 0 Å². The summed E-state index contributed by atoms with van der Waals surface area (Å²) in [6, 6.07) is 25.8. The number of H-pyrrole nitrogens is 1. The molecule has 0 spiro atoms. The van der Waals surface area contributed by atoms with E-state index in [1.165, 1.54) is 10.9 Å². The lowest BCUT2D eigenvalue weighted by Crippen LogP contribution is -2.12. The zero-order valence-electron chi connectivity index (χ0n) is 13.7. The molecule has 2 N–H and O–H groups in total. The molecule has 1 amide bonds. The molecule has 1 aromatic heterocycles. The van der Waals surface area contributed by atoms with E-state index in [1.54, 1.807) is 0 Å². The molecule has 25 heavy (non-hydrogen) atoms. The van der Waals surface area contributed by atoms with Gasteiger partial charge in [-0.2, -0.15) is 0 Å². The van der Waals surface area contributed by atoms with Gasteiger partial charge in [0.2, 0.25) is 0 Å². The van der Waals surface area contributed by atoms with Gasteiger partial charge in [-0.25, -0.2) is 0 Å². The maximum absolute atomic E-state index is 12.4. The fourth-order valence-corrected chi connectivity index (χ4v) is 3.00. The van der Waals surface area contributed by atoms with E-state index in [1.807, 2.05) is 54.7 Å². The largest absolute Gasteiger partial charge is 0.361 e. The molecular formula is C22H18N2O. The number of anilines is 1. The highest BCUT2D eigenvalue weighted by molar-refractivity contribution is 6.04. The monoisotopic (exact) mass is 326 g/mol. The summed E-state index contributed by atoms with van der Waals surface area (Å²) < 4.78 is 0. The van der Waals surface area contributed by atoms with Crippen molar-refractivity contribution in [1.29, 1.82) is 0 Å². The van der Waals surface area contributed by atoms with Gasteiger partial charge in [-0.15, -0.1) is 0 Å². The molecule has 4 rings (SSSR count). The highest BCUT2D eigenvalue weighted by Gasteiger charge is 2.07. The molecule has 3 heteroatoms. The van der Waals surface area contributed by atoms with Gasteiger partial charge in [0.1, 0.15) is 0 Å². The van der Waals surface area contributed by atoms with Gasteiger partial charge in [0.25, 0.3) is 5.91 Å². The third-order valence-corrected chi connectivity index (χ3v) is 4.25. The first kappa shape index (κ1) is 15.2. The highest BCUT2D eigenvalue weighted by atomic mass is 16.1. The maximum atomic E-state index is 12.4. The standard InChI is InChI=1S/C22H18N2O/c25-22(24-20-7-2-1-3-8-20)19-6-4-5-16(15-19)13-17-9-10-21-18(14-17)11-12-23-21/h1-12,14-15,23H,13H2,(H,24,25). The number of carbonyl (C=O) groups is 1. The first-order valence-corrected chi connectivity index (χ1v) is 8.29. The third-order valence-electron chi connectivity index (χ3n) is 4.25. The number of nitrogens with one attached hydrogen (secondary N) is 2. The summed E-state index contributed by atoms with van der Waals surface area (Å²) in [7, 11) is 0. The molecule has 0 aliphatic carbocycles. The molecule has 0 radical (unpaired) electrons. The smallest absolute Gasteiger partial charge is 0.255 e. The van der Waals surface area contributed by atoms with Gasteiger partial charge >= 0.3 is 0 Å². The summed E-state index contributed by atoms with van der Waals surface area (Å²) in [5.74, 6) is -0.0888. The molecule has 3 aromatic carbocycles. The minimum absolute atomic E-state index is 0.0888. The molecule has 3 nitrogen and oxygen atoms in total. The number of rotatable bonds is 4. The predicted octanol–water partition coefficient (Wildman–Crippen LogP) is 5.01. The fourth-order valence-electron chi connectivity index (χ4n) is 3.00. The number of benzene rings is 3. The van der Waals surface area contributed by atoms with Crippen LogP contribution in [0.5, 0.6) is 0 Å². The Labute approximate surface area is 146 Å². The molecular weight excluding hydrogens is 308 g/mol. The number of aromatic amines is 1. The minimum Gasteiger partial charge on any atom is -0.361 e. The molecule has 0 aliphatic heterocycles. The Morgan fingerprint density at radius 2 is 1.68 bits per heavy atom. The van der Waals surface area contributed by atoms with Crippen LogP contribution < -0.4 is 5.32 Å². The molecule has 0 saturated carbocycles. The van der Waals surface area contributed by atoms with Gasteiger partial charge in [0.05, 0.1) is 0 Å². The lowest BCUT2D eigenvalue weighted by Gasteiger charge is -2.07. The van der Waals surface area contributed by atoms with Crippen molar-refractivity contribution >= 4 is 22.5 Å². The molecule has 0 atom stereocenters. The van der Waals surface area contributed by atoms with Crippen LogP contribution in [0.4, 0.5) is 5.69 Å². The number of para-hydroxylation sites is 1. The van der Waals surface area contributed by atoms with Crippen molar-refractivity contribution in [2.24, 2.45) is 0 Å². The van der Waals surface area contributed by atoms with E-state index in [0.717, 1.165) is 23.2 Å². The second kappa shape index (κ2) is 6.65. The Kier molecular flexibility index (Phi) is 4.05. The Bertz CT molecular complexity index is 1020. The van der Waals surface area contributed by atoms with E-state index in [4.69, 9.17) is 0 Å². The minimum atomic E-state index is -0.0888. The Hall–Kier alpha value is -3.33. The summed E-state index contributed by atoms with van der Waals surface area (Å²) in [6.45, 7) is 0. The summed E-state index contributed by atoms with van der Waals surface area (Å²) in [6.07, 6.45) is 2.75. The van der Waals surface area contributed by atoms with E-state index in [0.29, 0.717) is 5.56 Å². The van der Waals surface area contributed by atoms with Crippen LogP contribution in [0.15, 0.2) is 85.1 Å². The van der Waals surface area contributed by atoms with Gasteiger partial charge in [0.15, 0.2) is 0 Å². The van der Waals surface area contributed by atoms with E-state index in [2.05, 4.69) is 40.6 Å². The number of hydrogen-bond acceptors (Lipinski definition) is 1. The van der Waals surface area contributed by atoms with Crippen LogP contribution >= 0.6 is 0 Å². The molecule has 0 fully saturated rings. The van der Waals surface area contributed by atoms with Crippen LogP contribution in [0, 0.1) is 0 Å². The predicted molar refractivity (Wildman–Crippen MR) is 102 cm³/mol. The summed E-state index contributed by atoms with van der Waals surface area (Å²) in [5, 5.41) is 4.13. The Morgan fingerprint density at radius 1 is 0.840 bits per heavy atom. The van der Waals surface area contributed by atoms with Crippen LogP contribution in [-0.2, 0) is 6.42 Å². The molecule has 4 aromatic rings. The van der Waals surface area contributed by atoms with Gasteiger partial charge in [0, 0.05) is 23.0 Å². The topological polar surface area (TPSA) is 44.9 Å². The first-order valence-electron chi connectivity index (χ1n) is 8.29. The van der Waals surface area contributed by atoms with Crippen molar-refractivity contribution < 1.29 is 4.79 Å². The summed E-state index contributed by atoms with van der Waals surface area (Å²) in [5.41, 5.74) is 4.96. The normalized spacial score (nSPS) is 10.7. The van der Waals surface area contributed by atoms with Gasteiger partial charge in [-0.05, 0) is 65.4 Å².